The van der Waals surface area contributed by atoms with E-state index in [2.05, 4.69) is 32.7 Å². The Hall–Kier alpha value is -3.41. The summed E-state index contributed by atoms with van der Waals surface area (Å²) in [6.45, 7) is 0.720. The molecule has 1 aliphatic rings. The first kappa shape index (κ1) is 22.8. The average molecular weight is 444 g/mol. The number of nitrogens with one attached hydrogen (secondary N) is 2. The third-order valence-electron chi connectivity index (χ3n) is 6.33. The molecule has 4 rings (SSSR count). The number of aromatic nitrogens is 2. The lowest BCUT2D eigenvalue weighted by molar-refractivity contribution is 0.0942. The molecule has 2 aromatic carbocycles. The molecular formula is C27H33N5O. The van der Waals surface area contributed by atoms with Crippen LogP contribution in [-0.4, -0.2) is 42.6 Å². The van der Waals surface area contributed by atoms with Gasteiger partial charge in [-0.15, -0.1) is 0 Å². The van der Waals surface area contributed by atoms with E-state index in [1.54, 1.807) is 6.20 Å². The molecule has 1 fully saturated rings. The van der Waals surface area contributed by atoms with Crippen LogP contribution in [0.1, 0.15) is 47.2 Å². The predicted octanol–water partition coefficient (Wildman–Crippen LogP) is 4.53. The largest absolute Gasteiger partial charge is 0.363 e. The van der Waals surface area contributed by atoms with Crippen LogP contribution < -0.4 is 15.5 Å². The standard InChI is InChI=1S/C27H33N5O/c1-32(2)25-16-17-28-27(31-25)30-23-14-12-21(13-15-23)19-29-26(33)24-11-7-6-10-22(24)18-20-8-4-3-5-9-20/h3-11,16-17,21,23H,12-15,18-19H2,1-2H3,(H,29,33)(H,28,30,31)/t21-,23+. The maximum atomic E-state index is 12.9. The molecule has 1 aromatic heterocycles. The van der Waals surface area contributed by atoms with Crippen molar-refractivity contribution in [3.8, 4) is 0 Å². The highest BCUT2D eigenvalue weighted by atomic mass is 16.1. The summed E-state index contributed by atoms with van der Waals surface area (Å²) in [7, 11) is 3.96. The molecule has 33 heavy (non-hydrogen) atoms. The number of benzene rings is 2. The van der Waals surface area contributed by atoms with Gasteiger partial charge in [-0.1, -0.05) is 48.5 Å². The van der Waals surface area contributed by atoms with Gasteiger partial charge in [0, 0.05) is 38.4 Å². The number of amides is 1. The van der Waals surface area contributed by atoms with Gasteiger partial charge in [0.25, 0.3) is 5.91 Å². The van der Waals surface area contributed by atoms with Crippen molar-refractivity contribution in [3.05, 3.63) is 83.6 Å². The predicted molar refractivity (Wildman–Crippen MR) is 134 cm³/mol. The summed E-state index contributed by atoms with van der Waals surface area (Å²) < 4.78 is 0. The fourth-order valence-electron chi connectivity index (χ4n) is 4.41. The van der Waals surface area contributed by atoms with Crippen LogP contribution >= 0.6 is 0 Å². The highest BCUT2D eigenvalue weighted by molar-refractivity contribution is 5.95. The van der Waals surface area contributed by atoms with Gasteiger partial charge in [0.15, 0.2) is 0 Å². The second kappa shape index (κ2) is 10.9. The molecule has 172 valence electrons. The zero-order chi connectivity index (χ0) is 23.0. The zero-order valence-corrected chi connectivity index (χ0v) is 19.5. The lowest BCUT2D eigenvalue weighted by Crippen LogP contribution is -2.34. The van der Waals surface area contributed by atoms with Crippen molar-refractivity contribution in [1.29, 1.82) is 0 Å². The first-order valence-electron chi connectivity index (χ1n) is 11.8. The van der Waals surface area contributed by atoms with Crippen molar-refractivity contribution >= 4 is 17.7 Å². The Morgan fingerprint density at radius 3 is 2.45 bits per heavy atom. The first-order valence-corrected chi connectivity index (χ1v) is 11.8. The second-order valence-electron chi connectivity index (χ2n) is 9.02. The highest BCUT2D eigenvalue weighted by Crippen LogP contribution is 2.26. The quantitative estimate of drug-likeness (QED) is 0.535. The van der Waals surface area contributed by atoms with Crippen LogP contribution in [0.3, 0.4) is 0 Å². The molecule has 0 aliphatic heterocycles. The fourth-order valence-corrected chi connectivity index (χ4v) is 4.41. The van der Waals surface area contributed by atoms with E-state index in [4.69, 9.17) is 0 Å². The van der Waals surface area contributed by atoms with E-state index >= 15 is 0 Å². The second-order valence-corrected chi connectivity index (χ2v) is 9.02. The van der Waals surface area contributed by atoms with Gasteiger partial charge in [0.1, 0.15) is 5.82 Å². The molecule has 0 unspecified atom stereocenters. The summed E-state index contributed by atoms with van der Waals surface area (Å²) in [5.74, 6) is 2.11. The van der Waals surface area contributed by atoms with Crippen molar-refractivity contribution in [2.45, 2.75) is 38.1 Å². The number of carbonyl (C=O) groups excluding carboxylic acids is 1. The third-order valence-corrected chi connectivity index (χ3v) is 6.33. The van der Waals surface area contributed by atoms with E-state index in [9.17, 15) is 4.79 Å². The summed E-state index contributed by atoms with van der Waals surface area (Å²) in [5.41, 5.74) is 3.05. The molecule has 0 radical (unpaired) electrons. The van der Waals surface area contributed by atoms with Crippen LogP contribution in [0, 0.1) is 5.92 Å². The summed E-state index contributed by atoms with van der Waals surface area (Å²) in [5, 5.41) is 6.67. The Morgan fingerprint density at radius 2 is 1.70 bits per heavy atom. The molecule has 0 atom stereocenters. The van der Waals surface area contributed by atoms with E-state index < -0.39 is 0 Å². The van der Waals surface area contributed by atoms with Crippen LogP contribution in [0.25, 0.3) is 0 Å². The van der Waals surface area contributed by atoms with Crippen molar-refractivity contribution in [2.75, 3.05) is 30.9 Å². The summed E-state index contributed by atoms with van der Waals surface area (Å²) >= 11 is 0. The van der Waals surface area contributed by atoms with E-state index in [1.807, 2.05) is 67.5 Å². The van der Waals surface area contributed by atoms with Crippen molar-refractivity contribution in [1.82, 2.24) is 15.3 Å². The maximum absolute atomic E-state index is 12.9. The van der Waals surface area contributed by atoms with Gasteiger partial charge in [-0.3, -0.25) is 4.79 Å². The molecule has 3 aromatic rings. The highest BCUT2D eigenvalue weighted by Gasteiger charge is 2.23. The molecule has 6 heteroatoms. The lowest BCUT2D eigenvalue weighted by Gasteiger charge is -2.29. The summed E-state index contributed by atoms with van der Waals surface area (Å²) in [6.07, 6.45) is 6.83. The summed E-state index contributed by atoms with van der Waals surface area (Å²) in [4.78, 5) is 23.8. The molecular weight excluding hydrogens is 410 g/mol. The minimum Gasteiger partial charge on any atom is -0.363 e. The number of carbonyl (C=O) groups is 1. The van der Waals surface area contributed by atoms with Crippen LogP contribution in [0.5, 0.6) is 0 Å². The molecule has 0 bridgehead atoms. The van der Waals surface area contributed by atoms with Crippen LogP contribution in [0.15, 0.2) is 66.9 Å². The Morgan fingerprint density at radius 1 is 0.970 bits per heavy atom. The summed E-state index contributed by atoms with van der Waals surface area (Å²) in [6, 6.07) is 20.5. The number of hydrogen-bond acceptors (Lipinski definition) is 5. The van der Waals surface area contributed by atoms with Gasteiger partial charge in [0.05, 0.1) is 0 Å². The van der Waals surface area contributed by atoms with E-state index in [0.717, 1.165) is 55.6 Å². The van der Waals surface area contributed by atoms with E-state index in [-0.39, 0.29) is 5.91 Å². The lowest BCUT2D eigenvalue weighted by atomic mass is 9.86. The van der Waals surface area contributed by atoms with Crippen LogP contribution in [-0.2, 0) is 6.42 Å². The van der Waals surface area contributed by atoms with E-state index in [1.165, 1.54) is 5.56 Å². The van der Waals surface area contributed by atoms with Crippen LogP contribution in [0.2, 0.25) is 0 Å². The van der Waals surface area contributed by atoms with Gasteiger partial charge in [-0.25, -0.2) is 4.98 Å². The van der Waals surface area contributed by atoms with Gasteiger partial charge in [0.2, 0.25) is 5.95 Å². The van der Waals surface area contributed by atoms with Gasteiger partial charge in [-0.05, 0) is 61.3 Å². The molecule has 2 N–H and O–H groups in total. The molecule has 1 saturated carbocycles. The molecule has 1 aliphatic carbocycles. The Balaban J connectivity index is 1.26. The van der Waals surface area contributed by atoms with Gasteiger partial charge in [-0.2, -0.15) is 4.98 Å². The molecule has 1 heterocycles. The molecule has 0 spiro atoms. The Bertz CT molecular complexity index is 1050. The smallest absolute Gasteiger partial charge is 0.251 e. The minimum absolute atomic E-state index is 0.0238. The number of anilines is 2. The van der Waals surface area contributed by atoms with Gasteiger partial charge < -0.3 is 15.5 Å². The topological polar surface area (TPSA) is 70.2 Å². The third kappa shape index (κ3) is 6.31. The molecule has 6 nitrogen and oxygen atoms in total. The number of rotatable bonds is 8. The van der Waals surface area contributed by atoms with Crippen molar-refractivity contribution in [3.63, 3.8) is 0 Å². The van der Waals surface area contributed by atoms with Gasteiger partial charge >= 0.3 is 0 Å². The normalized spacial score (nSPS) is 17.9. The Labute approximate surface area is 196 Å². The molecule has 1 amide bonds. The fraction of sp³-hybridized carbons (Fsp3) is 0.370. The molecule has 0 saturated heterocycles. The number of nitrogens with zero attached hydrogens (tertiary/aromatic N) is 3. The van der Waals surface area contributed by atoms with E-state index in [0.29, 0.717) is 17.9 Å². The maximum Gasteiger partial charge on any atom is 0.251 e. The monoisotopic (exact) mass is 443 g/mol. The minimum atomic E-state index is 0.0238. The van der Waals surface area contributed by atoms with Crippen LogP contribution in [0.4, 0.5) is 11.8 Å². The average Bonchev–Trinajstić information content (AvgIpc) is 2.84. The van der Waals surface area contributed by atoms with Crippen molar-refractivity contribution in [2.24, 2.45) is 5.92 Å². The number of hydrogen-bond donors (Lipinski definition) is 2. The Kier molecular flexibility index (Phi) is 7.55. The van der Waals surface area contributed by atoms with Crippen molar-refractivity contribution < 1.29 is 4.79 Å². The first-order chi connectivity index (χ1) is 16.1. The zero-order valence-electron chi connectivity index (χ0n) is 19.5. The SMILES string of the molecule is CN(C)c1ccnc(N[C@H]2CC[C@@H](CNC(=O)c3ccccc3Cc3ccccc3)CC2)n1.